The number of halogens is 1. The Kier molecular flexibility index (Phi) is 9.49. The highest BCUT2D eigenvalue weighted by molar-refractivity contribution is 14.0. The Labute approximate surface area is 187 Å². The number of benzene rings is 1. The largest absolute Gasteiger partial charge is 0.469 e. The van der Waals surface area contributed by atoms with Crippen LogP contribution in [0.2, 0.25) is 0 Å². The van der Waals surface area contributed by atoms with Crippen molar-refractivity contribution in [1.82, 2.24) is 15.6 Å². The van der Waals surface area contributed by atoms with Crippen LogP contribution in [0.25, 0.3) is 0 Å². The standard InChI is InChI=1S/C21H26N4OS.HI/c1-16-17(2)27-20(25-16)11-13-23-21(22-12-10-19-9-6-14-26-19)24-15-18-7-4-3-5-8-18;/h3-9,14H,10-13,15H2,1-2H3,(H2,22,23,24);1H. The Balaban J connectivity index is 0.00000280. The zero-order valence-corrected chi connectivity index (χ0v) is 19.4. The van der Waals surface area contributed by atoms with Crippen molar-refractivity contribution in [3.05, 3.63) is 75.6 Å². The van der Waals surface area contributed by atoms with Crippen molar-refractivity contribution < 1.29 is 4.42 Å². The molecule has 0 unspecified atom stereocenters. The van der Waals surface area contributed by atoms with Gasteiger partial charge in [-0.25, -0.2) is 9.98 Å². The van der Waals surface area contributed by atoms with E-state index in [2.05, 4.69) is 41.6 Å². The van der Waals surface area contributed by atoms with Gasteiger partial charge in [0.15, 0.2) is 5.96 Å². The minimum atomic E-state index is 0. The SMILES string of the molecule is Cc1nc(CCNC(=NCc2ccccc2)NCCc2ccco2)sc1C.I. The maximum absolute atomic E-state index is 5.39. The number of nitrogens with zero attached hydrogens (tertiary/aromatic N) is 2. The molecule has 0 aliphatic carbocycles. The maximum atomic E-state index is 5.39. The maximum Gasteiger partial charge on any atom is 0.191 e. The zero-order valence-electron chi connectivity index (χ0n) is 16.3. The minimum Gasteiger partial charge on any atom is -0.469 e. The van der Waals surface area contributed by atoms with E-state index in [4.69, 9.17) is 9.41 Å². The van der Waals surface area contributed by atoms with Crippen LogP contribution in [0.4, 0.5) is 0 Å². The fourth-order valence-corrected chi connectivity index (χ4v) is 3.55. The first-order valence-corrected chi connectivity index (χ1v) is 10.0. The number of hydrogen-bond donors (Lipinski definition) is 2. The van der Waals surface area contributed by atoms with Gasteiger partial charge in [-0.2, -0.15) is 0 Å². The van der Waals surface area contributed by atoms with Gasteiger partial charge in [-0.3, -0.25) is 0 Å². The second-order valence-corrected chi connectivity index (χ2v) is 7.62. The molecule has 7 heteroatoms. The first kappa shape index (κ1) is 22.4. The molecule has 0 aliphatic heterocycles. The van der Waals surface area contributed by atoms with E-state index in [0.29, 0.717) is 6.54 Å². The number of aromatic nitrogens is 1. The quantitative estimate of drug-likeness (QED) is 0.266. The molecule has 3 aromatic rings. The zero-order chi connectivity index (χ0) is 18.9. The molecule has 0 radical (unpaired) electrons. The summed E-state index contributed by atoms with van der Waals surface area (Å²) in [4.78, 5) is 10.6. The normalized spacial score (nSPS) is 11.1. The Morgan fingerprint density at radius 1 is 1.04 bits per heavy atom. The Bertz CT molecular complexity index is 827. The highest BCUT2D eigenvalue weighted by Gasteiger charge is 2.05. The average Bonchev–Trinajstić information content (AvgIpc) is 3.30. The van der Waals surface area contributed by atoms with Crippen LogP contribution in [0.5, 0.6) is 0 Å². The number of nitrogens with one attached hydrogen (secondary N) is 2. The van der Waals surface area contributed by atoms with Gasteiger partial charge in [0.25, 0.3) is 0 Å². The van der Waals surface area contributed by atoms with Crippen molar-refractivity contribution in [2.45, 2.75) is 33.2 Å². The molecule has 2 heterocycles. The molecule has 2 N–H and O–H groups in total. The molecular weight excluding hydrogens is 483 g/mol. The third-order valence-corrected chi connectivity index (χ3v) is 5.34. The van der Waals surface area contributed by atoms with E-state index in [9.17, 15) is 0 Å². The van der Waals surface area contributed by atoms with Crippen LogP contribution in [0.3, 0.4) is 0 Å². The van der Waals surface area contributed by atoms with Gasteiger partial charge in [-0.15, -0.1) is 35.3 Å². The van der Waals surface area contributed by atoms with Gasteiger partial charge in [0.2, 0.25) is 0 Å². The van der Waals surface area contributed by atoms with Gasteiger partial charge >= 0.3 is 0 Å². The topological polar surface area (TPSA) is 62.5 Å². The summed E-state index contributed by atoms with van der Waals surface area (Å²) in [5.41, 5.74) is 2.32. The van der Waals surface area contributed by atoms with E-state index in [1.807, 2.05) is 30.3 Å². The highest BCUT2D eigenvalue weighted by Crippen LogP contribution is 2.16. The molecule has 0 aliphatic rings. The second-order valence-electron chi connectivity index (χ2n) is 6.33. The van der Waals surface area contributed by atoms with Gasteiger partial charge in [0.1, 0.15) is 5.76 Å². The minimum absolute atomic E-state index is 0. The Morgan fingerprint density at radius 3 is 2.43 bits per heavy atom. The van der Waals surface area contributed by atoms with Crippen molar-refractivity contribution >= 4 is 41.3 Å². The Morgan fingerprint density at radius 2 is 1.79 bits per heavy atom. The van der Waals surface area contributed by atoms with Gasteiger partial charge in [-0.1, -0.05) is 30.3 Å². The van der Waals surface area contributed by atoms with E-state index in [-0.39, 0.29) is 24.0 Å². The number of furan rings is 1. The van der Waals surface area contributed by atoms with Gasteiger partial charge in [-0.05, 0) is 31.5 Å². The van der Waals surface area contributed by atoms with Crippen LogP contribution >= 0.6 is 35.3 Å². The third-order valence-electron chi connectivity index (χ3n) is 4.21. The van der Waals surface area contributed by atoms with E-state index in [1.165, 1.54) is 10.4 Å². The molecule has 0 fully saturated rings. The van der Waals surface area contributed by atoms with Crippen molar-refractivity contribution in [1.29, 1.82) is 0 Å². The molecule has 0 saturated carbocycles. The fraction of sp³-hybridized carbons (Fsp3) is 0.333. The summed E-state index contributed by atoms with van der Waals surface area (Å²) in [6.07, 6.45) is 3.42. The number of rotatable bonds is 8. The molecule has 0 amide bonds. The summed E-state index contributed by atoms with van der Waals surface area (Å²) >= 11 is 1.77. The average molecular weight is 510 g/mol. The van der Waals surface area contributed by atoms with Crippen LogP contribution < -0.4 is 10.6 Å². The van der Waals surface area contributed by atoms with Crippen LogP contribution in [0, 0.1) is 13.8 Å². The van der Waals surface area contributed by atoms with E-state index in [1.54, 1.807) is 17.6 Å². The molecule has 3 rings (SSSR count). The molecule has 0 bridgehead atoms. The summed E-state index contributed by atoms with van der Waals surface area (Å²) in [6, 6.07) is 14.2. The van der Waals surface area contributed by atoms with Crippen LogP contribution in [-0.4, -0.2) is 24.0 Å². The molecule has 150 valence electrons. The molecule has 2 aromatic heterocycles. The fourth-order valence-electron chi connectivity index (χ4n) is 2.62. The van der Waals surface area contributed by atoms with E-state index in [0.717, 1.165) is 48.4 Å². The molecule has 0 saturated heterocycles. The van der Waals surface area contributed by atoms with Crippen LogP contribution in [0.15, 0.2) is 58.1 Å². The number of aryl methyl sites for hydroxylation is 2. The molecular formula is C21H27IN4OS. The summed E-state index contributed by atoms with van der Waals surface area (Å²) in [7, 11) is 0. The lowest BCUT2D eigenvalue weighted by Crippen LogP contribution is -2.39. The summed E-state index contributed by atoms with van der Waals surface area (Å²) < 4.78 is 5.39. The predicted molar refractivity (Wildman–Crippen MR) is 127 cm³/mol. The summed E-state index contributed by atoms with van der Waals surface area (Å²) in [5, 5.41) is 7.98. The smallest absolute Gasteiger partial charge is 0.191 e. The van der Waals surface area contributed by atoms with E-state index >= 15 is 0 Å². The summed E-state index contributed by atoms with van der Waals surface area (Å²) in [6.45, 7) is 6.39. The predicted octanol–water partition coefficient (Wildman–Crippen LogP) is 4.49. The van der Waals surface area contributed by atoms with Crippen LogP contribution in [0.1, 0.15) is 26.9 Å². The monoisotopic (exact) mass is 510 g/mol. The van der Waals surface area contributed by atoms with Crippen LogP contribution in [-0.2, 0) is 19.4 Å². The number of hydrogen-bond acceptors (Lipinski definition) is 4. The number of aliphatic imine (C=N–C) groups is 1. The van der Waals surface area contributed by atoms with E-state index < -0.39 is 0 Å². The van der Waals surface area contributed by atoms with Gasteiger partial charge in [0, 0.05) is 30.8 Å². The lowest BCUT2D eigenvalue weighted by Gasteiger charge is -2.12. The lowest BCUT2D eigenvalue weighted by molar-refractivity contribution is 0.506. The first-order valence-electron chi connectivity index (χ1n) is 9.22. The molecule has 1 aromatic carbocycles. The number of guanidine groups is 1. The van der Waals surface area contributed by atoms with Crippen molar-refractivity contribution in [2.24, 2.45) is 4.99 Å². The second kappa shape index (κ2) is 11.9. The van der Waals surface area contributed by atoms with Crippen molar-refractivity contribution in [3.8, 4) is 0 Å². The first-order chi connectivity index (χ1) is 13.2. The molecule has 28 heavy (non-hydrogen) atoms. The van der Waals surface area contributed by atoms with Crippen molar-refractivity contribution in [3.63, 3.8) is 0 Å². The summed E-state index contributed by atoms with van der Waals surface area (Å²) in [5.74, 6) is 1.79. The molecule has 0 atom stereocenters. The van der Waals surface area contributed by atoms with Crippen molar-refractivity contribution in [2.75, 3.05) is 13.1 Å². The molecule has 5 nitrogen and oxygen atoms in total. The highest BCUT2D eigenvalue weighted by atomic mass is 127. The molecule has 0 spiro atoms. The van der Waals surface area contributed by atoms with Gasteiger partial charge < -0.3 is 15.1 Å². The van der Waals surface area contributed by atoms with Gasteiger partial charge in [0.05, 0.1) is 23.5 Å². The lowest BCUT2D eigenvalue weighted by atomic mass is 10.2. The third kappa shape index (κ3) is 7.27. The number of thiazole rings is 1. The Hall–Kier alpha value is -1.87.